The molecular weight excluding hydrogens is 554 g/mol. The van der Waals surface area contributed by atoms with Gasteiger partial charge in [0.1, 0.15) is 5.60 Å². The smallest absolute Gasteiger partial charge is 0.143 e. The molecule has 5 nitrogen and oxygen atoms in total. The van der Waals surface area contributed by atoms with Crippen molar-refractivity contribution in [3.8, 4) is 0 Å². The molecule has 0 aliphatic rings. The van der Waals surface area contributed by atoms with Crippen LogP contribution in [0.25, 0.3) is 10.4 Å². The quantitative estimate of drug-likeness (QED) is 0.0298. The van der Waals surface area contributed by atoms with Crippen molar-refractivity contribution in [3.05, 3.63) is 118 Å². The van der Waals surface area contributed by atoms with Crippen LogP contribution in [0.4, 0.5) is 0 Å². The molecule has 244 valence electrons. The van der Waals surface area contributed by atoms with Gasteiger partial charge in [-0.1, -0.05) is 199 Å². The van der Waals surface area contributed by atoms with Crippen LogP contribution < -0.4 is 0 Å². The first-order valence-corrected chi connectivity index (χ1v) is 17.7. The fourth-order valence-corrected chi connectivity index (χ4v) is 6.15. The van der Waals surface area contributed by atoms with Gasteiger partial charge in [-0.25, -0.2) is 0 Å². The highest BCUT2D eigenvalue weighted by molar-refractivity contribution is 5.47. The van der Waals surface area contributed by atoms with E-state index in [4.69, 9.17) is 9.47 Å². The van der Waals surface area contributed by atoms with Gasteiger partial charge in [0.25, 0.3) is 0 Å². The minimum atomic E-state index is -0.846. The van der Waals surface area contributed by atoms with E-state index < -0.39 is 11.6 Å². The Kier molecular flexibility index (Phi) is 18.8. The zero-order valence-electron chi connectivity index (χ0n) is 27.8. The standard InChI is InChI=1S/C40H57N3O2/c1-2-3-4-5-6-7-8-9-10-11-12-13-14-15-16-26-33-44-34-39(42-43-41)35-45-40(36-27-20-17-21-28-36,37-29-22-18-23-30-37)38-31-24-19-25-32-38/h17-25,27-32,39H,2-16,26,33-35H2,1H3. The average molecular weight is 612 g/mol. The number of hydrogen-bond acceptors (Lipinski definition) is 3. The van der Waals surface area contributed by atoms with Crippen molar-refractivity contribution in [2.75, 3.05) is 19.8 Å². The fourth-order valence-electron chi connectivity index (χ4n) is 6.15. The molecular formula is C40H57N3O2. The van der Waals surface area contributed by atoms with Gasteiger partial charge in [-0.3, -0.25) is 0 Å². The lowest BCUT2D eigenvalue weighted by atomic mass is 9.80. The molecule has 0 aliphatic heterocycles. The lowest BCUT2D eigenvalue weighted by Crippen LogP contribution is -2.36. The number of hydrogen-bond donors (Lipinski definition) is 0. The van der Waals surface area contributed by atoms with Crippen molar-refractivity contribution in [1.82, 2.24) is 0 Å². The van der Waals surface area contributed by atoms with Crippen molar-refractivity contribution in [3.63, 3.8) is 0 Å². The van der Waals surface area contributed by atoms with Crippen LogP contribution in [0.15, 0.2) is 96.1 Å². The predicted molar refractivity (Wildman–Crippen MR) is 188 cm³/mol. The van der Waals surface area contributed by atoms with Gasteiger partial charge in [-0.05, 0) is 28.6 Å². The maximum Gasteiger partial charge on any atom is 0.143 e. The van der Waals surface area contributed by atoms with E-state index in [9.17, 15) is 5.53 Å². The summed E-state index contributed by atoms with van der Waals surface area (Å²) in [6.45, 7) is 3.54. The molecule has 0 aromatic heterocycles. The Balaban J connectivity index is 1.37. The SMILES string of the molecule is CCCCCCCCCCCCCCCCCCOCC(COC(c1ccccc1)(c1ccccc1)c1ccccc1)N=[N+]=[N-]. The summed E-state index contributed by atoms with van der Waals surface area (Å²) in [6, 6.07) is 30.4. The molecule has 3 aromatic rings. The van der Waals surface area contributed by atoms with E-state index in [1.54, 1.807) is 0 Å². The van der Waals surface area contributed by atoms with Gasteiger partial charge in [0.15, 0.2) is 0 Å². The lowest BCUT2D eigenvalue weighted by Gasteiger charge is -2.36. The number of unbranched alkanes of at least 4 members (excludes halogenated alkanes) is 15. The molecule has 0 radical (unpaired) electrons. The molecule has 0 fully saturated rings. The zero-order valence-corrected chi connectivity index (χ0v) is 27.8. The van der Waals surface area contributed by atoms with E-state index in [2.05, 4.69) is 53.3 Å². The van der Waals surface area contributed by atoms with E-state index in [0.29, 0.717) is 13.2 Å². The summed E-state index contributed by atoms with van der Waals surface area (Å²) in [4.78, 5) is 3.12. The molecule has 0 saturated carbocycles. The van der Waals surface area contributed by atoms with Crippen LogP contribution in [-0.2, 0) is 15.1 Å². The van der Waals surface area contributed by atoms with Crippen molar-refractivity contribution in [2.24, 2.45) is 5.11 Å². The van der Waals surface area contributed by atoms with Crippen LogP contribution in [0, 0.1) is 0 Å². The van der Waals surface area contributed by atoms with Gasteiger partial charge in [-0.2, -0.15) is 0 Å². The summed E-state index contributed by atoms with van der Waals surface area (Å²) >= 11 is 0. The summed E-state index contributed by atoms with van der Waals surface area (Å²) in [7, 11) is 0. The third-order valence-corrected chi connectivity index (χ3v) is 8.70. The maximum absolute atomic E-state index is 9.32. The van der Waals surface area contributed by atoms with Crippen molar-refractivity contribution in [1.29, 1.82) is 0 Å². The van der Waals surface area contributed by atoms with Gasteiger partial charge < -0.3 is 9.47 Å². The number of nitrogens with zero attached hydrogens (tertiary/aromatic N) is 3. The molecule has 3 aromatic carbocycles. The van der Waals surface area contributed by atoms with Crippen molar-refractivity contribution in [2.45, 2.75) is 121 Å². The Labute approximate surface area is 273 Å². The molecule has 1 atom stereocenters. The summed E-state index contributed by atoms with van der Waals surface area (Å²) in [5.41, 5.74) is 11.5. The van der Waals surface area contributed by atoms with Gasteiger partial charge in [-0.15, -0.1) is 0 Å². The first-order valence-electron chi connectivity index (χ1n) is 17.7. The molecule has 0 aliphatic carbocycles. The molecule has 0 heterocycles. The highest BCUT2D eigenvalue weighted by Gasteiger charge is 2.38. The molecule has 0 saturated heterocycles. The van der Waals surface area contributed by atoms with Crippen LogP contribution >= 0.6 is 0 Å². The molecule has 0 amide bonds. The molecule has 0 bridgehead atoms. The molecule has 5 heteroatoms. The van der Waals surface area contributed by atoms with Gasteiger partial charge >= 0.3 is 0 Å². The Morgan fingerprint density at radius 1 is 0.556 bits per heavy atom. The van der Waals surface area contributed by atoms with Crippen LogP contribution in [-0.4, -0.2) is 25.9 Å². The highest BCUT2D eigenvalue weighted by atomic mass is 16.5. The fraction of sp³-hybridized carbons (Fsp3) is 0.550. The van der Waals surface area contributed by atoms with Gasteiger partial charge in [0.2, 0.25) is 0 Å². The Morgan fingerprint density at radius 2 is 0.933 bits per heavy atom. The summed E-state index contributed by atoms with van der Waals surface area (Å²) in [5, 5.41) is 4.05. The summed E-state index contributed by atoms with van der Waals surface area (Å²) < 4.78 is 12.9. The van der Waals surface area contributed by atoms with E-state index >= 15 is 0 Å². The molecule has 0 N–H and O–H groups in total. The van der Waals surface area contributed by atoms with Crippen LogP contribution in [0.5, 0.6) is 0 Å². The van der Waals surface area contributed by atoms with E-state index in [0.717, 1.165) is 23.1 Å². The second kappa shape index (κ2) is 23.3. The minimum absolute atomic E-state index is 0.238. The van der Waals surface area contributed by atoms with Crippen LogP contribution in [0.3, 0.4) is 0 Å². The maximum atomic E-state index is 9.32. The van der Waals surface area contributed by atoms with Crippen LogP contribution in [0.1, 0.15) is 126 Å². The topological polar surface area (TPSA) is 67.2 Å². The molecule has 45 heavy (non-hydrogen) atoms. The number of ether oxygens (including phenoxy) is 2. The monoisotopic (exact) mass is 611 g/mol. The molecule has 0 spiro atoms. The van der Waals surface area contributed by atoms with E-state index in [1.807, 2.05) is 54.6 Å². The molecule has 3 rings (SSSR count). The number of rotatable bonds is 26. The Bertz CT molecular complexity index is 1070. The third kappa shape index (κ3) is 13.4. The number of benzene rings is 3. The van der Waals surface area contributed by atoms with Crippen molar-refractivity contribution < 1.29 is 9.47 Å². The normalized spacial score (nSPS) is 12.1. The summed E-state index contributed by atoms with van der Waals surface area (Å²) in [6.07, 6.45) is 21.6. The minimum Gasteiger partial charge on any atom is -0.381 e. The lowest BCUT2D eigenvalue weighted by molar-refractivity contribution is -0.00971. The van der Waals surface area contributed by atoms with E-state index in [-0.39, 0.29) is 6.61 Å². The van der Waals surface area contributed by atoms with Gasteiger partial charge in [0, 0.05) is 11.5 Å². The average Bonchev–Trinajstić information content (AvgIpc) is 3.09. The third-order valence-electron chi connectivity index (χ3n) is 8.70. The largest absolute Gasteiger partial charge is 0.381 e. The Morgan fingerprint density at radius 3 is 1.31 bits per heavy atom. The zero-order chi connectivity index (χ0) is 31.7. The predicted octanol–water partition coefficient (Wildman–Crippen LogP) is 12.0. The second-order valence-corrected chi connectivity index (χ2v) is 12.3. The number of azide groups is 1. The first kappa shape index (κ1) is 36.4. The summed E-state index contributed by atoms with van der Waals surface area (Å²) in [5.74, 6) is 0. The van der Waals surface area contributed by atoms with E-state index in [1.165, 1.54) is 96.3 Å². The van der Waals surface area contributed by atoms with Crippen molar-refractivity contribution >= 4 is 0 Å². The first-order chi connectivity index (χ1) is 22.3. The van der Waals surface area contributed by atoms with Crippen LogP contribution in [0.2, 0.25) is 0 Å². The second-order valence-electron chi connectivity index (χ2n) is 12.3. The highest BCUT2D eigenvalue weighted by Crippen LogP contribution is 2.40. The van der Waals surface area contributed by atoms with Gasteiger partial charge in [0.05, 0.1) is 19.3 Å². The molecule has 1 unspecified atom stereocenters. The Hall–Kier alpha value is -3.11.